The third kappa shape index (κ3) is 4.21. The fourth-order valence-electron chi connectivity index (χ4n) is 1.78. The molecule has 19 heavy (non-hydrogen) atoms. The lowest BCUT2D eigenvalue weighted by atomic mass is 10.2. The maximum Gasteiger partial charge on any atom is 0.119 e. The highest BCUT2D eigenvalue weighted by atomic mass is 16.5. The van der Waals surface area contributed by atoms with Gasteiger partial charge in [-0.1, -0.05) is 12.1 Å². The average Bonchev–Trinajstić information content (AvgIpc) is 2.44. The first-order valence-corrected chi connectivity index (χ1v) is 6.35. The summed E-state index contributed by atoms with van der Waals surface area (Å²) in [5, 5.41) is 3.30. The Balaban J connectivity index is 1.74. The Bertz CT molecular complexity index is 508. The molecular formula is C16H19NO2. The average molecular weight is 257 g/mol. The molecule has 0 aromatic heterocycles. The Morgan fingerprint density at radius 1 is 1.00 bits per heavy atom. The summed E-state index contributed by atoms with van der Waals surface area (Å²) in [6.07, 6.45) is 0. The minimum absolute atomic E-state index is 0.634. The molecule has 2 aromatic rings. The van der Waals surface area contributed by atoms with Crippen LogP contribution in [0.5, 0.6) is 11.5 Å². The third-order valence-corrected chi connectivity index (χ3v) is 2.78. The standard InChI is InChI=1S/C16H19NO2/c1-13-4-3-5-16(12-13)19-11-10-17-14-6-8-15(18-2)9-7-14/h3-9,12,17H,10-11H2,1-2H3. The monoisotopic (exact) mass is 257 g/mol. The Hall–Kier alpha value is -2.16. The van der Waals surface area contributed by atoms with E-state index in [9.17, 15) is 0 Å². The second kappa shape index (κ2) is 6.69. The quantitative estimate of drug-likeness (QED) is 0.803. The maximum absolute atomic E-state index is 5.67. The van der Waals surface area contributed by atoms with Crippen molar-refractivity contribution in [3.63, 3.8) is 0 Å². The predicted octanol–water partition coefficient (Wildman–Crippen LogP) is 3.49. The molecule has 0 aliphatic carbocycles. The van der Waals surface area contributed by atoms with E-state index in [1.165, 1.54) is 5.56 Å². The van der Waals surface area contributed by atoms with E-state index in [0.717, 1.165) is 23.7 Å². The zero-order chi connectivity index (χ0) is 13.5. The summed E-state index contributed by atoms with van der Waals surface area (Å²) in [4.78, 5) is 0. The molecule has 0 unspecified atom stereocenters. The first-order chi connectivity index (χ1) is 9.28. The van der Waals surface area contributed by atoms with Gasteiger partial charge in [0.25, 0.3) is 0 Å². The number of nitrogens with one attached hydrogen (secondary N) is 1. The van der Waals surface area contributed by atoms with E-state index in [2.05, 4.69) is 18.3 Å². The van der Waals surface area contributed by atoms with E-state index in [4.69, 9.17) is 9.47 Å². The highest BCUT2D eigenvalue weighted by Crippen LogP contribution is 2.15. The predicted molar refractivity (Wildman–Crippen MR) is 78.2 cm³/mol. The van der Waals surface area contributed by atoms with E-state index in [1.807, 2.05) is 42.5 Å². The molecule has 2 rings (SSSR count). The summed E-state index contributed by atoms with van der Waals surface area (Å²) in [6, 6.07) is 15.9. The zero-order valence-electron chi connectivity index (χ0n) is 11.3. The van der Waals surface area contributed by atoms with Gasteiger partial charge < -0.3 is 14.8 Å². The number of rotatable bonds is 6. The molecule has 100 valence electrons. The Morgan fingerprint density at radius 2 is 1.79 bits per heavy atom. The van der Waals surface area contributed by atoms with Crippen LogP contribution in [-0.4, -0.2) is 20.3 Å². The minimum atomic E-state index is 0.634. The van der Waals surface area contributed by atoms with Gasteiger partial charge in [0, 0.05) is 12.2 Å². The molecule has 0 saturated carbocycles. The van der Waals surface area contributed by atoms with Crippen molar-refractivity contribution in [1.29, 1.82) is 0 Å². The van der Waals surface area contributed by atoms with Crippen LogP contribution in [0.15, 0.2) is 48.5 Å². The molecular weight excluding hydrogens is 238 g/mol. The van der Waals surface area contributed by atoms with Crippen LogP contribution < -0.4 is 14.8 Å². The fraction of sp³-hybridized carbons (Fsp3) is 0.250. The van der Waals surface area contributed by atoms with Gasteiger partial charge >= 0.3 is 0 Å². The molecule has 0 saturated heterocycles. The van der Waals surface area contributed by atoms with Crippen molar-refractivity contribution in [1.82, 2.24) is 0 Å². The van der Waals surface area contributed by atoms with Gasteiger partial charge in [-0.2, -0.15) is 0 Å². The largest absolute Gasteiger partial charge is 0.497 e. The lowest BCUT2D eigenvalue weighted by Gasteiger charge is -2.09. The van der Waals surface area contributed by atoms with E-state index in [-0.39, 0.29) is 0 Å². The van der Waals surface area contributed by atoms with Gasteiger partial charge in [-0.05, 0) is 48.9 Å². The van der Waals surface area contributed by atoms with Crippen LogP contribution in [0.2, 0.25) is 0 Å². The third-order valence-electron chi connectivity index (χ3n) is 2.78. The molecule has 2 aromatic carbocycles. The summed E-state index contributed by atoms with van der Waals surface area (Å²) >= 11 is 0. The number of anilines is 1. The van der Waals surface area contributed by atoms with Gasteiger partial charge in [-0.3, -0.25) is 0 Å². The van der Waals surface area contributed by atoms with Gasteiger partial charge in [-0.15, -0.1) is 0 Å². The molecule has 3 nitrogen and oxygen atoms in total. The highest BCUT2D eigenvalue weighted by Gasteiger charge is 1.95. The minimum Gasteiger partial charge on any atom is -0.497 e. The highest BCUT2D eigenvalue weighted by molar-refractivity contribution is 5.46. The first kappa shape index (κ1) is 13.3. The van der Waals surface area contributed by atoms with Crippen LogP contribution in [0.3, 0.4) is 0 Å². The van der Waals surface area contributed by atoms with Crippen LogP contribution >= 0.6 is 0 Å². The molecule has 0 amide bonds. The van der Waals surface area contributed by atoms with Crippen LogP contribution in [0.4, 0.5) is 5.69 Å². The number of hydrogen-bond acceptors (Lipinski definition) is 3. The number of methoxy groups -OCH3 is 1. The van der Waals surface area contributed by atoms with E-state index < -0.39 is 0 Å². The maximum atomic E-state index is 5.67. The normalized spacial score (nSPS) is 10.0. The molecule has 3 heteroatoms. The van der Waals surface area contributed by atoms with Crippen molar-refractivity contribution >= 4 is 5.69 Å². The second-order valence-electron chi connectivity index (χ2n) is 4.32. The summed E-state index contributed by atoms with van der Waals surface area (Å²) in [7, 11) is 1.66. The molecule has 0 spiro atoms. The van der Waals surface area contributed by atoms with Crippen molar-refractivity contribution in [3.8, 4) is 11.5 Å². The zero-order valence-corrected chi connectivity index (χ0v) is 11.3. The smallest absolute Gasteiger partial charge is 0.119 e. The van der Waals surface area contributed by atoms with Crippen LogP contribution in [0, 0.1) is 6.92 Å². The number of hydrogen-bond donors (Lipinski definition) is 1. The summed E-state index contributed by atoms with van der Waals surface area (Å²) < 4.78 is 10.8. The Morgan fingerprint density at radius 3 is 2.47 bits per heavy atom. The van der Waals surface area contributed by atoms with Gasteiger partial charge in [0.05, 0.1) is 7.11 Å². The summed E-state index contributed by atoms with van der Waals surface area (Å²) in [5.74, 6) is 1.78. The lowest BCUT2D eigenvalue weighted by Crippen LogP contribution is -2.11. The SMILES string of the molecule is COc1ccc(NCCOc2cccc(C)c2)cc1. The Kier molecular flexibility index (Phi) is 4.67. The van der Waals surface area contributed by atoms with Gasteiger partial charge in [-0.25, -0.2) is 0 Å². The van der Waals surface area contributed by atoms with Crippen molar-refractivity contribution in [2.45, 2.75) is 6.92 Å². The summed E-state index contributed by atoms with van der Waals surface area (Å²) in [6.45, 7) is 3.46. The molecule has 0 radical (unpaired) electrons. The molecule has 0 aliphatic heterocycles. The number of aryl methyl sites for hydroxylation is 1. The van der Waals surface area contributed by atoms with Gasteiger partial charge in [0.1, 0.15) is 18.1 Å². The van der Waals surface area contributed by atoms with E-state index in [0.29, 0.717) is 6.61 Å². The van der Waals surface area contributed by atoms with Crippen molar-refractivity contribution in [2.75, 3.05) is 25.6 Å². The van der Waals surface area contributed by atoms with Crippen LogP contribution in [0.25, 0.3) is 0 Å². The van der Waals surface area contributed by atoms with Crippen molar-refractivity contribution in [3.05, 3.63) is 54.1 Å². The molecule has 0 atom stereocenters. The molecule has 1 N–H and O–H groups in total. The number of benzene rings is 2. The number of ether oxygens (including phenoxy) is 2. The lowest BCUT2D eigenvalue weighted by molar-refractivity contribution is 0.332. The van der Waals surface area contributed by atoms with E-state index in [1.54, 1.807) is 7.11 Å². The molecule has 0 aliphatic rings. The Labute approximate surface area is 114 Å². The van der Waals surface area contributed by atoms with Crippen molar-refractivity contribution in [2.24, 2.45) is 0 Å². The second-order valence-corrected chi connectivity index (χ2v) is 4.32. The first-order valence-electron chi connectivity index (χ1n) is 6.35. The van der Waals surface area contributed by atoms with Crippen molar-refractivity contribution < 1.29 is 9.47 Å². The van der Waals surface area contributed by atoms with E-state index >= 15 is 0 Å². The van der Waals surface area contributed by atoms with Gasteiger partial charge in [0.15, 0.2) is 0 Å². The van der Waals surface area contributed by atoms with Crippen LogP contribution in [-0.2, 0) is 0 Å². The van der Waals surface area contributed by atoms with Crippen LogP contribution in [0.1, 0.15) is 5.56 Å². The van der Waals surface area contributed by atoms with Gasteiger partial charge in [0.2, 0.25) is 0 Å². The molecule has 0 bridgehead atoms. The fourth-order valence-corrected chi connectivity index (χ4v) is 1.78. The summed E-state index contributed by atoms with van der Waals surface area (Å²) in [5.41, 5.74) is 2.27. The topological polar surface area (TPSA) is 30.5 Å². The molecule has 0 fully saturated rings. The molecule has 0 heterocycles.